The summed E-state index contributed by atoms with van der Waals surface area (Å²) in [7, 11) is 0. The van der Waals surface area contributed by atoms with E-state index in [1.807, 2.05) is 48.5 Å². The Morgan fingerprint density at radius 1 is 0.615 bits per heavy atom. The zero-order valence-corrected chi connectivity index (χ0v) is 14.3. The molecule has 0 amide bonds. The van der Waals surface area contributed by atoms with Crippen LogP contribution in [0.25, 0.3) is 11.1 Å². The van der Waals surface area contributed by atoms with Gasteiger partial charge in [0.25, 0.3) is 0 Å². The minimum absolute atomic E-state index is 0.200. The van der Waals surface area contributed by atoms with Crippen molar-refractivity contribution in [2.45, 2.75) is 0 Å². The highest BCUT2D eigenvalue weighted by molar-refractivity contribution is 5.86. The standard InChI is InChI=1S/C22H20N2O2/c25-21-9-5-4-8-19(21)15-23-12-13-24-16-20-14-18(10-11-22(20)26)17-6-2-1-3-7-17/h1-11,14-16,25-26H,12-13H2. The lowest BCUT2D eigenvalue weighted by atomic mass is 10.0. The molecular weight excluding hydrogens is 324 g/mol. The molecule has 130 valence electrons. The van der Waals surface area contributed by atoms with Crippen LogP contribution in [0.1, 0.15) is 11.1 Å². The number of hydrogen-bond donors (Lipinski definition) is 2. The molecule has 0 atom stereocenters. The minimum Gasteiger partial charge on any atom is -0.507 e. The lowest BCUT2D eigenvalue weighted by molar-refractivity contribution is 0.474. The fourth-order valence-corrected chi connectivity index (χ4v) is 2.51. The van der Waals surface area contributed by atoms with E-state index in [2.05, 4.69) is 9.98 Å². The Balaban J connectivity index is 1.61. The van der Waals surface area contributed by atoms with Gasteiger partial charge in [-0.05, 0) is 35.4 Å². The van der Waals surface area contributed by atoms with Crippen LogP contribution in [-0.4, -0.2) is 35.7 Å². The van der Waals surface area contributed by atoms with Crippen molar-refractivity contribution in [3.05, 3.63) is 83.9 Å². The van der Waals surface area contributed by atoms with Gasteiger partial charge in [-0.25, -0.2) is 0 Å². The maximum absolute atomic E-state index is 10.0. The number of para-hydroxylation sites is 1. The van der Waals surface area contributed by atoms with Crippen molar-refractivity contribution in [3.8, 4) is 22.6 Å². The Bertz CT molecular complexity index is 918. The van der Waals surface area contributed by atoms with Crippen molar-refractivity contribution < 1.29 is 10.2 Å². The van der Waals surface area contributed by atoms with E-state index in [0.29, 0.717) is 24.2 Å². The largest absolute Gasteiger partial charge is 0.507 e. The van der Waals surface area contributed by atoms with Gasteiger partial charge < -0.3 is 10.2 Å². The van der Waals surface area contributed by atoms with E-state index >= 15 is 0 Å². The summed E-state index contributed by atoms with van der Waals surface area (Å²) in [5, 5.41) is 19.7. The normalized spacial score (nSPS) is 11.4. The summed E-state index contributed by atoms with van der Waals surface area (Å²) in [5.41, 5.74) is 3.48. The maximum Gasteiger partial charge on any atom is 0.124 e. The van der Waals surface area contributed by atoms with Crippen LogP contribution >= 0.6 is 0 Å². The Morgan fingerprint density at radius 2 is 1.23 bits per heavy atom. The van der Waals surface area contributed by atoms with Crippen LogP contribution in [0.3, 0.4) is 0 Å². The molecule has 0 bridgehead atoms. The molecule has 26 heavy (non-hydrogen) atoms. The number of rotatable bonds is 6. The first-order valence-corrected chi connectivity index (χ1v) is 8.40. The predicted octanol–water partition coefficient (Wildman–Crippen LogP) is 4.30. The SMILES string of the molecule is Oc1ccccc1C=NCCN=Cc1cc(-c2ccccc2)ccc1O. The fraction of sp³-hybridized carbons (Fsp3) is 0.0909. The smallest absolute Gasteiger partial charge is 0.124 e. The van der Waals surface area contributed by atoms with E-state index in [1.165, 1.54) is 0 Å². The zero-order valence-electron chi connectivity index (χ0n) is 14.3. The quantitative estimate of drug-likeness (QED) is 0.517. The van der Waals surface area contributed by atoms with Gasteiger partial charge in [0.15, 0.2) is 0 Å². The topological polar surface area (TPSA) is 65.2 Å². The van der Waals surface area contributed by atoms with Crippen LogP contribution in [0, 0.1) is 0 Å². The van der Waals surface area contributed by atoms with Crippen LogP contribution in [0.4, 0.5) is 0 Å². The highest BCUT2D eigenvalue weighted by Gasteiger charge is 2.02. The van der Waals surface area contributed by atoms with E-state index in [9.17, 15) is 10.2 Å². The number of nitrogens with zero attached hydrogens (tertiary/aromatic N) is 2. The molecule has 0 spiro atoms. The number of hydrogen-bond acceptors (Lipinski definition) is 4. The Kier molecular flexibility index (Phi) is 5.78. The highest BCUT2D eigenvalue weighted by Crippen LogP contribution is 2.24. The summed E-state index contributed by atoms with van der Waals surface area (Å²) < 4.78 is 0. The average molecular weight is 344 g/mol. The van der Waals surface area contributed by atoms with Crippen LogP contribution in [0.5, 0.6) is 11.5 Å². The first-order chi connectivity index (χ1) is 12.7. The molecule has 0 radical (unpaired) electrons. The number of phenolic OH excluding ortho intramolecular Hbond substituents is 2. The molecule has 0 aliphatic heterocycles. The second-order valence-electron chi connectivity index (χ2n) is 5.77. The molecule has 0 aliphatic carbocycles. The van der Waals surface area contributed by atoms with Crippen LogP contribution < -0.4 is 0 Å². The van der Waals surface area contributed by atoms with Crippen molar-refractivity contribution in [1.29, 1.82) is 0 Å². The molecule has 3 aromatic carbocycles. The Labute approximate surface area is 152 Å². The van der Waals surface area contributed by atoms with Gasteiger partial charge in [-0.15, -0.1) is 0 Å². The predicted molar refractivity (Wildman–Crippen MR) is 107 cm³/mol. The summed E-state index contributed by atoms with van der Waals surface area (Å²) >= 11 is 0. The third kappa shape index (κ3) is 4.57. The van der Waals surface area contributed by atoms with Gasteiger partial charge in [-0.2, -0.15) is 0 Å². The molecule has 0 saturated carbocycles. The van der Waals surface area contributed by atoms with Crippen molar-refractivity contribution >= 4 is 12.4 Å². The Hall–Kier alpha value is -3.40. The number of aliphatic imine (C=N–C) groups is 2. The number of benzene rings is 3. The third-order valence-electron chi connectivity index (χ3n) is 3.89. The third-order valence-corrected chi connectivity index (χ3v) is 3.89. The molecule has 0 fully saturated rings. The van der Waals surface area contributed by atoms with Crippen molar-refractivity contribution in [1.82, 2.24) is 0 Å². The molecule has 3 rings (SSSR count). The molecule has 4 nitrogen and oxygen atoms in total. The van der Waals surface area contributed by atoms with Crippen molar-refractivity contribution in [3.63, 3.8) is 0 Å². The van der Waals surface area contributed by atoms with Crippen molar-refractivity contribution in [2.24, 2.45) is 9.98 Å². The zero-order chi connectivity index (χ0) is 18.2. The van der Waals surface area contributed by atoms with Crippen molar-refractivity contribution in [2.75, 3.05) is 13.1 Å². The first-order valence-electron chi connectivity index (χ1n) is 8.40. The van der Waals surface area contributed by atoms with Gasteiger partial charge in [0.1, 0.15) is 11.5 Å². The van der Waals surface area contributed by atoms with Crippen LogP contribution in [0.2, 0.25) is 0 Å². The fourth-order valence-electron chi connectivity index (χ4n) is 2.51. The minimum atomic E-state index is 0.200. The van der Waals surface area contributed by atoms with Gasteiger partial charge in [0.2, 0.25) is 0 Å². The second-order valence-corrected chi connectivity index (χ2v) is 5.77. The van der Waals surface area contributed by atoms with Gasteiger partial charge in [0, 0.05) is 23.6 Å². The summed E-state index contributed by atoms with van der Waals surface area (Å²) in [5.74, 6) is 0.411. The lowest BCUT2D eigenvalue weighted by Crippen LogP contribution is -1.91. The molecule has 0 aliphatic rings. The lowest BCUT2D eigenvalue weighted by Gasteiger charge is -2.04. The van der Waals surface area contributed by atoms with Crippen LogP contribution in [-0.2, 0) is 0 Å². The summed E-state index contributed by atoms with van der Waals surface area (Å²) in [6.07, 6.45) is 3.30. The van der Waals surface area contributed by atoms with E-state index in [-0.39, 0.29) is 11.5 Å². The Morgan fingerprint density at radius 3 is 1.96 bits per heavy atom. The summed E-state index contributed by atoms with van der Waals surface area (Å²) in [4.78, 5) is 8.59. The van der Waals surface area contributed by atoms with E-state index in [1.54, 1.807) is 36.7 Å². The molecule has 0 aromatic heterocycles. The molecule has 2 N–H and O–H groups in total. The van der Waals surface area contributed by atoms with Gasteiger partial charge >= 0.3 is 0 Å². The summed E-state index contributed by atoms with van der Waals surface area (Å²) in [6, 6.07) is 22.5. The molecule has 4 heteroatoms. The molecule has 3 aromatic rings. The average Bonchev–Trinajstić information content (AvgIpc) is 2.68. The van der Waals surface area contributed by atoms with Gasteiger partial charge in [0.05, 0.1) is 13.1 Å². The first kappa shape index (κ1) is 17.4. The summed E-state index contributed by atoms with van der Waals surface area (Å²) in [6.45, 7) is 1.00. The highest BCUT2D eigenvalue weighted by atomic mass is 16.3. The number of aromatic hydroxyl groups is 2. The second kappa shape index (κ2) is 8.62. The van der Waals surface area contributed by atoms with Gasteiger partial charge in [-0.3, -0.25) is 9.98 Å². The maximum atomic E-state index is 10.0. The van der Waals surface area contributed by atoms with E-state index in [4.69, 9.17) is 0 Å². The van der Waals surface area contributed by atoms with E-state index in [0.717, 1.165) is 11.1 Å². The molecule has 0 heterocycles. The molecular formula is C22H20N2O2. The number of phenols is 2. The van der Waals surface area contributed by atoms with Crippen LogP contribution in [0.15, 0.2) is 82.8 Å². The van der Waals surface area contributed by atoms with E-state index < -0.39 is 0 Å². The molecule has 0 unspecified atom stereocenters. The monoisotopic (exact) mass is 344 g/mol. The van der Waals surface area contributed by atoms with Gasteiger partial charge in [-0.1, -0.05) is 48.5 Å². The molecule has 0 saturated heterocycles.